The van der Waals surface area contributed by atoms with Crippen LogP contribution in [0.1, 0.15) is 11.1 Å². The molecule has 4 aromatic rings. The summed E-state index contributed by atoms with van der Waals surface area (Å²) in [5, 5.41) is 18.9. The minimum absolute atomic E-state index is 0.425. The third kappa shape index (κ3) is 3.73. The lowest BCUT2D eigenvalue weighted by Gasteiger charge is -2.08. The molecule has 3 aromatic carbocycles. The van der Waals surface area contributed by atoms with Crippen molar-refractivity contribution in [1.29, 1.82) is 5.26 Å². The molecular weight excluding hydrogens is 407 g/mol. The largest absolute Gasteiger partial charge is 0.496 e. The van der Waals surface area contributed by atoms with Crippen molar-refractivity contribution in [3.8, 4) is 11.8 Å². The van der Waals surface area contributed by atoms with Crippen molar-refractivity contribution in [2.75, 3.05) is 12.4 Å². The van der Waals surface area contributed by atoms with Crippen molar-refractivity contribution in [3.63, 3.8) is 0 Å². The Morgan fingerprint density at radius 1 is 1.10 bits per heavy atom. The molecule has 144 valence electrons. The van der Waals surface area contributed by atoms with Gasteiger partial charge in [-0.3, -0.25) is 4.68 Å². The molecule has 0 aliphatic carbocycles. The van der Waals surface area contributed by atoms with E-state index in [4.69, 9.17) is 38.3 Å². The number of hydrogen-bond acceptors (Lipinski definition) is 4. The molecule has 0 fully saturated rings. The molecule has 5 nitrogen and oxygen atoms in total. The summed E-state index contributed by atoms with van der Waals surface area (Å²) in [5.41, 5.74) is 3.14. The predicted molar refractivity (Wildman–Crippen MR) is 116 cm³/mol. The van der Waals surface area contributed by atoms with Gasteiger partial charge in [-0.05, 0) is 42.0 Å². The number of aromatic nitrogens is 2. The monoisotopic (exact) mass is 422 g/mol. The third-order valence-corrected chi connectivity index (χ3v) is 5.37. The molecule has 4 rings (SSSR count). The van der Waals surface area contributed by atoms with Gasteiger partial charge in [-0.1, -0.05) is 47.5 Å². The lowest BCUT2D eigenvalue weighted by molar-refractivity contribution is 0.420. The molecule has 0 atom stereocenters. The average Bonchev–Trinajstić information content (AvgIpc) is 3.09. The van der Waals surface area contributed by atoms with Gasteiger partial charge in [0.05, 0.1) is 51.9 Å². The number of nitrogens with one attached hydrogen (secondary N) is 1. The summed E-state index contributed by atoms with van der Waals surface area (Å²) in [7, 11) is 1.62. The predicted octanol–water partition coefficient (Wildman–Crippen LogP) is 6.02. The van der Waals surface area contributed by atoms with E-state index in [1.807, 2.05) is 53.2 Å². The summed E-state index contributed by atoms with van der Waals surface area (Å²) in [5.74, 6) is 1.30. The van der Waals surface area contributed by atoms with Crippen LogP contribution in [0.15, 0.2) is 60.7 Å². The van der Waals surface area contributed by atoms with E-state index in [-0.39, 0.29) is 0 Å². The average molecular weight is 423 g/mol. The van der Waals surface area contributed by atoms with Crippen molar-refractivity contribution >= 4 is 45.6 Å². The summed E-state index contributed by atoms with van der Waals surface area (Å²) >= 11 is 12.5. The molecule has 29 heavy (non-hydrogen) atoms. The molecule has 0 saturated carbocycles. The van der Waals surface area contributed by atoms with Crippen LogP contribution in [0.2, 0.25) is 10.0 Å². The molecule has 7 heteroatoms. The van der Waals surface area contributed by atoms with Crippen LogP contribution in [0.25, 0.3) is 10.9 Å². The highest BCUT2D eigenvalue weighted by atomic mass is 35.5. The second kappa shape index (κ2) is 8.04. The number of nitriles is 1. The maximum Gasteiger partial charge on any atom is 0.164 e. The van der Waals surface area contributed by atoms with Crippen molar-refractivity contribution < 1.29 is 4.74 Å². The fourth-order valence-corrected chi connectivity index (χ4v) is 3.56. The van der Waals surface area contributed by atoms with Gasteiger partial charge < -0.3 is 10.1 Å². The Labute approximate surface area is 178 Å². The number of rotatable bonds is 5. The molecule has 0 unspecified atom stereocenters. The van der Waals surface area contributed by atoms with E-state index in [1.165, 1.54) is 0 Å². The number of nitrogens with zero attached hydrogens (tertiary/aromatic N) is 3. The van der Waals surface area contributed by atoms with Gasteiger partial charge in [0.15, 0.2) is 5.82 Å². The van der Waals surface area contributed by atoms with Gasteiger partial charge >= 0.3 is 0 Å². The van der Waals surface area contributed by atoms with Gasteiger partial charge in [0, 0.05) is 0 Å². The second-order valence-electron chi connectivity index (χ2n) is 6.40. The Morgan fingerprint density at radius 3 is 2.69 bits per heavy atom. The Hall–Kier alpha value is -3.20. The standard InChI is InChI=1S/C22H16Cl2N4O/c1-29-19-10-4-9-18-20(19)22(26-17-8-3-7-16(23)21(17)24)27-28(18)13-15-6-2-5-14(11-15)12-25/h2-11H,13H2,1H3,(H,26,27). The molecule has 0 saturated heterocycles. The maximum atomic E-state index is 9.16. The molecular formula is C22H16Cl2N4O. The zero-order valence-electron chi connectivity index (χ0n) is 15.5. The summed E-state index contributed by atoms with van der Waals surface area (Å²) < 4.78 is 7.43. The topological polar surface area (TPSA) is 62.9 Å². The zero-order valence-corrected chi connectivity index (χ0v) is 17.0. The summed E-state index contributed by atoms with van der Waals surface area (Å²) in [6, 6.07) is 20.8. The number of ether oxygens (including phenoxy) is 1. The molecule has 1 heterocycles. The van der Waals surface area contributed by atoms with Gasteiger partial charge in [-0.25, -0.2) is 0 Å². The van der Waals surface area contributed by atoms with Crippen LogP contribution in [0, 0.1) is 11.3 Å². The molecule has 0 bridgehead atoms. The van der Waals surface area contributed by atoms with E-state index >= 15 is 0 Å². The Kier molecular flexibility index (Phi) is 5.30. The first-order valence-electron chi connectivity index (χ1n) is 8.84. The Morgan fingerprint density at radius 2 is 1.90 bits per heavy atom. The van der Waals surface area contributed by atoms with Gasteiger partial charge in [-0.2, -0.15) is 10.4 Å². The van der Waals surface area contributed by atoms with Crippen LogP contribution >= 0.6 is 23.2 Å². The fraction of sp³-hybridized carbons (Fsp3) is 0.0909. The van der Waals surface area contributed by atoms with Crippen LogP contribution in [0.4, 0.5) is 11.5 Å². The van der Waals surface area contributed by atoms with Crippen LogP contribution in [0.3, 0.4) is 0 Å². The Balaban J connectivity index is 1.82. The number of benzene rings is 3. The van der Waals surface area contributed by atoms with Crippen molar-refractivity contribution in [2.45, 2.75) is 6.54 Å². The molecule has 0 spiro atoms. The highest BCUT2D eigenvalue weighted by Crippen LogP contribution is 2.37. The van der Waals surface area contributed by atoms with Gasteiger partial charge in [0.1, 0.15) is 5.75 Å². The normalized spacial score (nSPS) is 10.7. The lowest BCUT2D eigenvalue weighted by Crippen LogP contribution is -2.02. The maximum absolute atomic E-state index is 9.16. The van der Waals surface area contributed by atoms with E-state index in [2.05, 4.69) is 11.4 Å². The zero-order chi connectivity index (χ0) is 20.4. The van der Waals surface area contributed by atoms with Crippen LogP contribution in [-0.4, -0.2) is 16.9 Å². The van der Waals surface area contributed by atoms with E-state index in [0.29, 0.717) is 39.4 Å². The summed E-state index contributed by atoms with van der Waals surface area (Å²) in [6.07, 6.45) is 0. The number of methoxy groups -OCH3 is 1. The summed E-state index contributed by atoms with van der Waals surface area (Å²) in [4.78, 5) is 0. The first kappa shape index (κ1) is 19.1. The minimum atomic E-state index is 0.425. The van der Waals surface area contributed by atoms with Crippen LogP contribution in [-0.2, 0) is 6.54 Å². The van der Waals surface area contributed by atoms with Gasteiger partial charge in [-0.15, -0.1) is 0 Å². The highest BCUT2D eigenvalue weighted by molar-refractivity contribution is 6.43. The van der Waals surface area contributed by atoms with Gasteiger partial charge in [0.25, 0.3) is 0 Å². The quantitative estimate of drug-likeness (QED) is 0.427. The Bertz CT molecular complexity index is 1240. The number of anilines is 2. The summed E-state index contributed by atoms with van der Waals surface area (Å²) in [6.45, 7) is 0.504. The third-order valence-electron chi connectivity index (χ3n) is 4.55. The fourth-order valence-electron chi connectivity index (χ4n) is 3.22. The number of fused-ring (bicyclic) bond motifs is 1. The molecule has 0 aliphatic heterocycles. The lowest BCUT2D eigenvalue weighted by atomic mass is 10.1. The second-order valence-corrected chi connectivity index (χ2v) is 7.18. The minimum Gasteiger partial charge on any atom is -0.496 e. The number of halogens is 2. The van der Waals surface area contributed by atoms with Crippen LogP contribution in [0.5, 0.6) is 5.75 Å². The molecule has 0 radical (unpaired) electrons. The first-order valence-corrected chi connectivity index (χ1v) is 9.60. The highest BCUT2D eigenvalue weighted by Gasteiger charge is 2.17. The van der Waals surface area contributed by atoms with Crippen LogP contribution < -0.4 is 10.1 Å². The molecule has 0 amide bonds. The van der Waals surface area contributed by atoms with Gasteiger partial charge in [0.2, 0.25) is 0 Å². The van der Waals surface area contributed by atoms with E-state index in [1.54, 1.807) is 19.2 Å². The molecule has 1 aromatic heterocycles. The number of hydrogen-bond donors (Lipinski definition) is 1. The SMILES string of the molecule is COc1cccc2c1c(Nc1cccc(Cl)c1Cl)nn2Cc1cccc(C#N)c1. The molecule has 0 aliphatic rings. The first-order chi connectivity index (χ1) is 14.1. The smallest absolute Gasteiger partial charge is 0.164 e. The van der Waals surface area contributed by atoms with E-state index in [0.717, 1.165) is 16.5 Å². The van der Waals surface area contributed by atoms with Crippen molar-refractivity contribution in [2.24, 2.45) is 0 Å². The van der Waals surface area contributed by atoms with Crippen molar-refractivity contribution in [1.82, 2.24) is 9.78 Å². The van der Waals surface area contributed by atoms with Crippen molar-refractivity contribution in [3.05, 3.63) is 81.8 Å². The molecule has 1 N–H and O–H groups in total. The van der Waals surface area contributed by atoms with E-state index in [9.17, 15) is 0 Å². The van der Waals surface area contributed by atoms with E-state index < -0.39 is 0 Å².